The summed E-state index contributed by atoms with van der Waals surface area (Å²) in [7, 11) is 0. The molecule has 4 aromatic rings. The van der Waals surface area contributed by atoms with Crippen LogP contribution in [-0.2, 0) is 9.59 Å². The van der Waals surface area contributed by atoms with Gasteiger partial charge in [0, 0.05) is 49.7 Å². The molecule has 0 atom stereocenters. The Balaban J connectivity index is 1.39. The van der Waals surface area contributed by atoms with E-state index >= 15 is 9.59 Å². The average molecular weight is 787 g/mol. The summed E-state index contributed by atoms with van der Waals surface area (Å²) in [5.41, 5.74) is -1.71. The molecule has 4 aliphatic heterocycles. The van der Waals surface area contributed by atoms with E-state index in [9.17, 15) is 40.5 Å². The zero-order valence-electron chi connectivity index (χ0n) is 30.8. The highest BCUT2D eigenvalue weighted by Gasteiger charge is 2.52. The first-order valence-electron chi connectivity index (χ1n) is 18.7. The summed E-state index contributed by atoms with van der Waals surface area (Å²) in [6, 6.07) is 19.6. The zero-order chi connectivity index (χ0) is 40.8. The molecule has 18 nitrogen and oxygen atoms in total. The van der Waals surface area contributed by atoms with Gasteiger partial charge in [0.1, 0.15) is 11.4 Å². The molecule has 0 aromatic heterocycles. The second-order valence-electron chi connectivity index (χ2n) is 14.3. The first-order valence-corrected chi connectivity index (χ1v) is 18.7. The molecule has 4 aliphatic rings. The van der Waals surface area contributed by atoms with E-state index < -0.39 is 54.3 Å². The minimum Gasteiger partial charge on any atom is -0.372 e. The summed E-state index contributed by atoms with van der Waals surface area (Å²) in [5.74, 6) is -1.81. The van der Waals surface area contributed by atoms with E-state index in [0.717, 1.165) is 122 Å². The van der Waals surface area contributed by atoms with E-state index in [1.54, 1.807) is 48.5 Å². The van der Waals surface area contributed by atoms with Gasteiger partial charge in [0.25, 0.3) is 34.6 Å². The van der Waals surface area contributed by atoms with Crippen molar-refractivity contribution >= 4 is 68.7 Å². The summed E-state index contributed by atoms with van der Waals surface area (Å²) in [5, 5.41) is 48.4. The van der Waals surface area contributed by atoms with E-state index in [4.69, 9.17) is 0 Å². The second kappa shape index (κ2) is 14.9. The minimum atomic E-state index is -0.905. The van der Waals surface area contributed by atoms with Gasteiger partial charge in [-0.1, -0.05) is 24.3 Å². The van der Waals surface area contributed by atoms with Crippen LogP contribution in [0, 0.1) is 40.5 Å². The first kappa shape index (κ1) is 37.4. The van der Waals surface area contributed by atoms with Crippen LogP contribution in [0.2, 0.25) is 0 Å². The predicted octanol–water partition coefficient (Wildman–Crippen LogP) is 7.52. The number of hydrogen-bond donors (Lipinski definition) is 0. The van der Waals surface area contributed by atoms with Gasteiger partial charge in [-0.2, -0.15) is 0 Å². The Morgan fingerprint density at radius 1 is 0.431 bits per heavy atom. The molecule has 0 radical (unpaired) electrons. The van der Waals surface area contributed by atoms with Crippen LogP contribution in [0.25, 0.3) is 11.4 Å². The molecule has 58 heavy (non-hydrogen) atoms. The van der Waals surface area contributed by atoms with Gasteiger partial charge in [-0.3, -0.25) is 59.8 Å². The Morgan fingerprint density at radius 3 is 1.09 bits per heavy atom. The first-order chi connectivity index (χ1) is 27.9. The maximum Gasteiger partial charge on any atom is 0.300 e. The number of carbonyl (C=O) groups is 2. The number of carbonyl (C=O) groups excluding carboxylic acids is 2. The normalized spacial score (nSPS) is 17.0. The van der Waals surface area contributed by atoms with E-state index in [2.05, 4.69) is 9.80 Å². The molecule has 18 heteroatoms. The Labute approximate surface area is 329 Å². The Hall–Kier alpha value is -7.50. The monoisotopic (exact) mass is 786 g/mol. The van der Waals surface area contributed by atoms with Crippen molar-refractivity contribution in [2.45, 2.75) is 38.5 Å². The van der Waals surface area contributed by atoms with Crippen molar-refractivity contribution in [1.29, 1.82) is 0 Å². The maximum absolute atomic E-state index is 15.1. The lowest BCUT2D eigenvalue weighted by Gasteiger charge is -2.29. The fourth-order valence-electron chi connectivity index (χ4n) is 8.20. The van der Waals surface area contributed by atoms with Crippen LogP contribution >= 0.6 is 0 Å². The SMILES string of the molecule is O=C1C2=C(c3ccc(N4CCCCC4)cc3)N(c3ccc([N+](=O)[O-])cc3[N+](=O)[O-])C(=O)C2=C(c2ccc(N3CCCCC3)cc2)N1c1ccc([N+](=O)[O-])cc1[N+](=O)[O-]. The van der Waals surface area contributed by atoms with Crippen LogP contribution < -0.4 is 19.6 Å². The highest BCUT2D eigenvalue weighted by atomic mass is 16.6. The number of nitro groups is 4. The number of nitro benzene ring substituents is 4. The zero-order valence-corrected chi connectivity index (χ0v) is 30.8. The molecular formula is C40H34N8O10. The third kappa shape index (κ3) is 6.43. The topological polar surface area (TPSA) is 220 Å². The van der Waals surface area contributed by atoms with Gasteiger partial charge in [-0.15, -0.1) is 0 Å². The number of rotatable bonds is 10. The van der Waals surface area contributed by atoms with Crippen molar-refractivity contribution in [1.82, 2.24) is 0 Å². The Bertz CT molecular complexity index is 2310. The molecule has 0 saturated carbocycles. The van der Waals surface area contributed by atoms with Crippen molar-refractivity contribution in [2.75, 3.05) is 45.8 Å². The van der Waals surface area contributed by atoms with Gasteiger partial charge < -0.3 is 9.80 Å². The number of amides is 2. The fraction of sp³-hybridized carbons (Fsp3) is 0.250. The highest BCUT2D eigenvalue weighted by Crippen LogP contribution is 2.52. The van der Waals surface area contributed by atoms with Crippen LogP contribution in [-0.4, -0.2) is 57.7 Å². The summed E-state index contributed by atoms with van der Waals surface area (Å²) < 4.78 is 0. The number of non-ortho nitro benzene ring substituents is 2. The molecular weight excluding hydrogens is 752 g/mol. The van der Waals surface area contributed by atoms with Crippen molar-refractivity contribution in [3.05, 3.63) is 148 Å². The summed E-state index contributed by atoms with van der Waals surface area (Å²) >= 11 is 0. The average Bonchev–Trinajstić information content (AvgIpc) is 3.71. The molecule has 0 spiro atoms. The third-order valence-corrected chi connectivity index (χ3v) is 10.9. The minimum absolute atomic E-state index is 0.0818. The quantitative estimate of drug-likeness (QED) is 0.113. The highest BCUT2D eigenvalue weighted by molar-refractivity contribution is 6.42. The Morgan fingerprint density at radius 2 is 0.776 bits per heavy atom. The van der Waals surface area contributed by atoms with Crippen LogP contribution in [0.1, 0.15) is 49.7 Å². The molecule has 4 heterocycles. The van der Waals surface area contributed by atoms with Crippen molar-refractivity contribution < 1.29 is 29.3 Å². The van der Waals surface area contributed by atoms with Crippen molar-refractivity contribution in [3.8, 4) is 0 Å². The van der Waals surface area contributed by atoms with Gasteiger partial charge in [0.05, 0.1) is 54.4 Å². The van der Waals surface area contributed by atoms with Gasteiger partial charge >= 0.3 is 0 Å². The van der Waals surface area contributed by atoms with Gasteiger partial charge in [-0.05, 0) is 86.1 Å². The summed E-state index contributed by atoms with van der Waals surface area (Å²) in [4.78, 5) is 81.7. The number of anilines is 4. The number of fused-ring (bicyclic) bond motifs is 1. The molecule has 0 aliphatic carbocycles. The fourth-order valence-corrected chi connectivity index (χ4v) is 8.20. The molecule has 0 N–H and O–H groups in total. The van der Waals surface area contributed by atoms with Crippen LogP contribution in [0.5, 0.6) is 0 Å². The number of nitrogens with zero attached hydrogens (tertiary/aromatic N) is 8. The van der Waals surface area contributed by atoms with Gasteiger partial charge in [-0.25, -0.2) is 0 Å². The molecule has 0 unspecified atom stereocenters. The number of benzene rings is 4. The largest absolute Gasteiger partial charge is 0.372 e. The van der Waals surface area contributed by atoms with Crippen LogP contribution in [0.15, 0.2) is 96.1 Å². The van der Waals surface area contributed by atoms with Crippen molar-refractivity contribution in [2.24, 2.45) is 0 Å². The molecule has 2 saturated heterocycles. The molecule has 8 rings (SSSR count). The summed E-state index contributed by atoms with van der Waals surface area (Å²) in [6.07, 6.45) is 6.19. The lowest BCUT2D eigenvalue weighted by molar-refractivity contribution is -0.393. The molecule has 2 amide bonds. The summed E-state index contributed by atoms with van der Waals surface area (Å²) in [6.45, 7) is 3.28. The van der Waals surface area contributed by atoms with E-state index in [-0.39, 0.29) is 33.9 Å². The lowest BCUT2D eigenvalue weighted by atomic mass is 10.0. The maximum atomic E-state index is 15.1. The molecule has 294 valence electrons. The lowest BCUT2D eigenvalue weighted by Crippen LogP contribution is -2.31. The van der Waals surface area contributed by atoms with E-state index in [0.29, 0.717) is 11.1 Å². The van der Waals surface area contributed by atoms with E-state index in [1.165, 1.54) is 0 Å². The smallest absolute Gasteiger partial charge is 0.300 e. The number of hydrogen-bond acceptors (Lipinski definition) is 12. The van der Waals surface area contributed by atoms with Gasteiger partial charge in [0.2, 0.25) is 0 Å². The third-order valence-electron chi connectivity index (χ3n) is 10.9. The molecule has 0 bridgehead atoms. The van der Waals surface area contributed by atoms with Crippen LogP contribution in [0.3, 0.4) is 0 Å². The predicted molar refractivity (Wildman–Crippen MR) is 213 cm³/mol. The van der Waals surface area contributed by atoms with Crippen LogP contribution in [0.4, 0.5) is 45.5 Å². The molecule has 2 fully saturated rings. The number of piperidine rings is 2. The Kier molecular flexibility index (Phi) is 9.59. The second-order valence-corrected chi connectivity index (χ2v) is 14.3. The standard InChI is InChI=1S/C40H34N8O10/c49-39-35-36(38(26-9-13-28(14-10-26)42-21-5-2-6-22-42)44(39)32-18-16-30(46(53)54)24-34(32)48(57)58)40(50)43(31-17-15-29(45(51)52)23-33(31)47(55)56)37(35)25-7-11-27(12-8-25)41-19-3-1-4-20-41/h7-18,23-24H,1-6,19-22H2. The van der Waals surface area contributed by atoms with Gasteiger partial charge in [0.15, 0.2) is 0 Å². The van der Waals surface area contributed by atoms with E-state index in [1.807, 2.05) is 0 Å². The van der Waals surface area contributed by atoms with Crippen molar-refractivity contribution in [3.63, 3.8) is 0 Å². The molecule has 4 aromatic carbocycles.